The first kappa shape index (κ1) is 13.6. The first-order chi connectivity index (χ1) is 7.53. The summed E-state index contributed by atoms with van der Waals surface area (Å²) in [5, 5.41) is 2.22. The molecule has 0 unspecified atom stereocenters. The summed E-state index contributed by atoms with van der Waals surface area (Å²) in [5.74, 6) is 0. The fourth-order valence-electron chi connectivity index (χ4n) is 1.65. The lowest BCUT2D eigenvalue weighted by Gasteiger charge is -2.11. The fourth-order valence-corrected chi connectivity index (χ4v) is 2.57. The second-order valence-electron chi connectivity index (χ2n) is 3.80. The molecule has 0 atom stereocenters. The molecule has 0 aliphatic carbocycles. The summed E-state index contributed by atoms with van der Waals surface area (Å²) in [6.45, 7) is 2.12. The van der Waals surface area contributed by atoms with Crippen LogP contribution in [0, 0.1) is 0 Å². The van der Waals surface area contributed by atoms with Gasteiger partial charge in [-0.15, -0.1) is 5.28 Å². The molecule has 0 heterocycles. The van der Waals surface area contributed by atoms with Crippen molar-refractivity contribution in [3.05, 3.63) is 35.4 Å². The Bertz CT molecular complexity index is 320. The average Bonchev–Trinajstić information content (AvgIpc) is 2.19. The lowest BCUT2D eigenvalue weighted by Crippen LogP contribution is -2.13. The van der Waals surface area contributed by atoms with E-state index in [-0.39, 0.29) is 0 Å². The van der Waals surface area contributed by atoms with Gasteiger partial charge in [0.2, 0.25) is 0 Å². The van der Waals surface area contributed by atoms with Crippen LogP contribution in [-0.4, -0.2) is 21.4 Å². The summed E-state index contributed by atoms with van der Waals surface area (Å²) < 4.78 is 36.9. The Morgan fingerprint density at radius 1 is 1.12 bits per heavy atom. The molecule has 1 rings (SSSR count). The quantitative estimate of drug-likeness (QED) is 0.543. The highest BCUT2D eigenvalue weighted by Gasteiger charge is 2.28. The zero-order valence-corrected chi connectivity index (χ0v) is 10.5. The van der Waals surface area contributed by atoms with Gasteiger partial charge in [-0.05, 0) is 17.5 Å². The minimum Gasteiger partial charge on any atom is -0.171 e. The molecule has 0 aliphatic rings. The van der Waals surface area contributed by atoms with Crippen LogP contribution in [0.4, 0.5) is 13.2 Å². The zero-order valence-electron chi connectivity index (χ0n) is 9.35. The smallest absolute Gasteiger partial charge is 0.171 e. The molecule has 87 valence electrons. The number of rotatable bonds is 5. The largest absolute Gasteiger partial charge is 0.393 e. The fraction of sp³-hybridized carbons (Fsp3) is 0.500. The van der Waals surface area contributed by atoms with Crippen molar-refractivity contribution in [3.63, 3.8) is 0 Å². The number of aryl methyl sites for hydroxylation is 1. The Morgan fingerprint density at radius 3 is 2.31 bits per heavy atom. The van der Waals surface area contributed by atoms with Crippen LogP contribution in [0.25, 0.3) is 0 Å². The topological polar surface area (TPSA) is 0 Å². The third-order valence-corrected chi connectivity index (χ3v) is 3.69. The Morgan fingerprint density at radius 2 is 1.75 bits per heavy atom. The molecule has 1 radical (unpaired) electrons. The minimum absolute atomic E-state index is 0.391. The molecule has 0 saturated carbocycles. The van der Waals surface area contributed by atoms with Gasteiger partial charge in [-0.1, -0.05) is 36.5 Å². The molecule has 4 heteroatoms. The highest BCUT2D eigenvalue weighted by Crippen LogP contribution is 2.24. The summed E-state index contributed by atoms with van der Waals surface area (Å²) in [4.78, 5) is 0. The van der Waals surface area contributed by atoms with Gasteiger partial charge in [-0.3, -0.25) is 0 Å². The molecule has 0 saturated heterocycles. The van der Waals surface area contributed by atoms with E-state index < -0.39 is 12.6 Å². The van der Waals surface area contributed by atoms with Crippen molar-refractivity contribution in [2.45, 2.75) is 36.5 Å². The molecule has 1 aromatic rings. The van der Waals surface area contributed by atoms with Crippen molar-refractivity contribution in [2.24, 2.45) is 0 Å². The average molecular weight is 243 g/mol. The van der Waals surface area contributed by atoms with Crippen LogP contribution in [0.15, 0.2) is 24.3 Å². The van der Waals surface area contributed by atoms with Crippen LogP contribution in [0.3, 0.4) is 0 Å². The van der Waals surface area contributed by atoms with Crippen LogP contribution in [-0.2, 0) is 12.8 Å². The van der Waals surface area contributed by atoms with Gasteiger partial charge in [0.05, 0.1) is 6.42 Å². The third-order valence-electron chi connectivity index (χ3n) is 2.42. The van der Waals surface area contributed by atoms with Gasteiger partial charge in [-0.25, -0.2) is 0 Å². The number of hydrogen-bond donors (Lipinski definition) is 0. The van der Waals surface area contributed by atoms with Crippen LogP contribution >= 0.6 is 0 Å². The predicted octanol–water partition coefficient (Wildman–Crippen LogP) is 3.89. The van der Waals surface area contributed by atoms with Crippen molar-refractivity contribution in [3.8, 4) is 0 Å². The SMILES string of the molecule is C[CH2][Al][CH2]Cc1ccccc1CC(F)(F)F. The van der Waals surface area contributed by atoms with Gasteiger partial charge in [0, 0.05) is 0 Å². The Kier molecular flexibility index (Phi) is 5.37. The van der Waals surface area contributed by atoms with E-state index in [1.807, 2.05) is 12.1 Å². The molecule has 1 aromatic carbocycles. The molecule has 0 aromatic heterocycles. The third kappa shape index (κ3) is 5.05. The van der Waals surface area contributed by atoms with Crippen LogP contribution in [0.2, 0.25) is 10.6 Å². The van der Waals surface area contributed by atoms with E-state index in [4.69, 9.17) is 0 Å². The summed E-state index contributed by atoms with van der Waals surface area (Å²) in [5.41, 5.74) is 1.30. The van der Waals surface area contributed by atoms with Gasteiger partial charge in [-0.2, -0.15) is 13.2 Å². The van der Waals surface area contributed by atoms with E-state index in [2.05, 4.69) is 6.92 Å². The number of halogens is 3. The van der Waals surface area contributed by atoms with Crippen LogP contribution < -0.4 is 0 Å². The normalized spacial score (nSPS) is 11.5. The van der Waals surface area contributed by atoms with Crippen LogP contribution in [0.1, 0.15) is 18.1 Å². The van der Waals surface area contributed by atoms with Crippen molar-refractivity contribution in [2.75, 3.05) is 0 Å². The summed E-state index contributed by atoms with van der Waals surface area (Å²) >= 11 is 0.391. The van der Waals surface area contributed by atoms with E-state index in [0.29, 0.717) is 20.8 Å². The first-order valence-corrected chi connectivity index (χ1v) is 7.11. The predicted molar refractivity (Wildman–Crippen MR) is 60.9 cm³/mol. The maximum Gasteiger partial charge on any atom is 0.393 e. The highest BCUT2D eigenvalue weighted by molar-refractivity contribution is 6.35. The maximum absolute atomic E-state index is 12.3. The molecular formula is C12H15AlF3. The van der Waals surface area contributed by atoms with Crippen molar-refractivity contribution < 1.29 is 13.2 Å². The molecule has 0 amide bonds. The van der Waals surface area contributed by atoms with E-state index in [9.17, 15) is 13.2 Å². The van der Waals surface area contributed by atoms with Gasteiger partial charge < -0.3 is 0 Å². The first-order valence-electron chi connectivity index (χ1n) is 5.48. The second-order valence-corrected chi connectivity index (χ2v) is 5.77. The minimum atomic E-state index is -4.10. The molecule has 16 heavy (non-hydrogen) atoms. The van der Waals surface area contributed by atoms with Gasteiger partial charge in [0.25, 0.3) is 0 Å². The monoisotopic (exact) mass is 243 g/mol. The molecule has 0 aliphatic heterocycles. The maximum atomic E-state index is 12.3. The van der Waals surface area contributed by atoms with E-state index in [1.165, 1.54) is 5.28 Å². The lowest BCUT2D eigenvalue weighted by atomic mass is 10.0. The van der Waals surface area contributed by atoms with E-state index >= 15 is 0 Å². The van der Waals surface area contributed by atoms with Gasteiger partial charge >= 0.3 is 6.18 Å². The molecule has 0 nitrogen and oxygen atoms in total. The lowest BCUT2D eigenvalue weighted by molar-refractivity contribution is -0.127. The van der Waals surface area contributed by atoms with Crippen molar-refractivity contribution in [1.82, 2.24) is 0 Å². The Hall–Kier alpha value is -0.458. The molecule has 0 spiro atoms. The van der Waals surface area contributed by atoms with Gasteiger partial charge in [0.1, 0.15) is 0 Å². The molecule has 0 N–H and O–H groups in total. The standard InChI is InChI=1S/C10H10F3.C2H5.Al/c1-2-8-5-3-4-6-9(8)7-10(11,12)13;1-2;/h3-6H,1-2,7H2;1H2,2H3;. The summed E-state index contributed by atoms with van der Waals surface area (Å²) in [7, 11) is 0. The number of hydrogen-bond acceptors (Lipinski definition) is 0. The Balaban J connectivity index is 2.68. The summed E-state index contributed by atoms with van der Waals surface area (Å²) in [6, 6.07) is 6.90. The van der Waals surface area contributed by atoms with Crippen molar-refractivity contribution >= 4 is 15.2 Å². The van der Waals surface area contributed by atoms with Crippen molar-refractivity contribution in [1.29, 1.82) is 0 Å². The van der Waals surface area contributed by atoms with E-state index in [1.54, 1.807) is 12.1 Å². The second kappa shape index (κ2) is 6.32. The van der Waals surface area contributed by atoms with Crippen LogP contribution in [0.5, 0.6) is 0 Å². The van der Waals surface area contributed by atoms with E-state index in [0.717, 1.165) is 17.3 Å². The number of alkyl halides is 3. The molecule has 0 fully saturated rings. The highest BCUT2D eigenvalue weighted by atomic mass is 27.1. The Labute approximate surface area is 101 Å². The summed E-state index contributed by atoms with van der Waals surface area (Å²) in [6.07, 6.45) is -4.12. The van der Waals surface area contributed by atoms with Gasteiger partial charge in [0.15, 0.2) is 15.2 Å². The molecular weight excluding hydrogens is 228 g/mol. The molecule has 0 bridgehead atoms. The number of benzene rings is 1. The zero-order chi connectivity index (χ0) is 12.0.